The maximum Gasteiger partial charge on any atom is 0.161 e. The van der Waals surface area contributed by atoms with E-state index in [0.29, 0.717) is 12.5 Å². The molecule has 0 aromatic heterocycles. The Morgan fingerprint density at radius 2 is 1.62 bits per heavy atom. The Morgan fingerprint density at radius 3 is 2.24 bits per heavy atom. The van der Waals surface area contributed by atoms with Gasteiger partial charge in [-0.25, -0.2) is 0 Å². The molecule has 0 heterocycles. The van der Waals surface area contributed by atoms with E-state index in [1.807, 2.05) is 24.3 Å². The number of ether oxygens (including phenoxy) is 2. The summed E-state index contributed by atoms with van der Waals surface area (Å²) < 4.78 is 11.0. The summed E-state index contributed by atoms with van der Waals surface area (Å²) in [6, 6.07) is 16.2. The standard InChI is InChI=1S/C18H23NO2/c1-14(2)15-8-10-16(11-9-15)19-12-13-21-18-7-5-4-6-17(18)20-3/h4-11,14,19H,12-13H2,1-3H3. The van der Waals surface area contributed by atoms with Crippen LogP contribution in [0.4, 0.5) is 5.69 Å². The third-order valence-electron chi connectivity index (χ3n) is 3.34. The SMILES string of the molecule is COc1ccccc1OCCNc1ccc(C(C)C)cc1. The summed E-state index contributed by atoms with van der Waals surface area (Å²) in [6.07, 6.45) is 0. The molecule has 3 heteroatoms. The quantitative estimate of drug-likeness (QED) is 0.769. The zero-order valence-corrected chi connectivity index (χ0v) is 12.9. The second-order valence-electron chi connectivity index (χ2n) is 5.20. The molecule has 0 atom stereocenters. The Kier molecular flexibility index (Phi) is 5.50. The van der Waals surface area contributed by atoms with Crippen LogP contribution in [0.1, 0.15) is 25.3 Å². The minimum absolute atomic E-state index is 0.563. The normalized spacial score (nSPS) is 10.5. The molecule has 0 bridgehead atoms. The molecular weight excluding hydrogens is 262 g/mol. The van der Waals surface area contributed by atoms with E-state index >= 15 is 0 Å². The zero-order chi connectivity index (χ0) is 15.1. The summed E-state index contributed by atoms with van der Waals surface area (Å²) in [5, 5.41) is 3.35. The average Bonchev–Trinajstić information content (AvgIpc) is 2.52. The first-order valence-electron chi connectivity index (χ1n) is 7.30. The number of anilines is 1. The minimum atomic E-state index is 0.563. The number of hydrogen-bond donors (Lipinski definition) is 1. The summed E-state index contributed by atoms with van der Waals surface area (Å²) in [4.78, 5) is 0. The van der Waals surface area contributed by atoms with E-state index in [-0.39, 0.29) is 0 Å². The fourth-order valence-electron chi connectivity index (χ4n) is 2.08. The van der Waals surface area contributed by atoms with E-state index in [9.17, 15) is 0 Å². The number of benzene rings is 2. The predicted octanol–water partition coefficient (Wildman–Crippen LogP) is 4.31. The monoisotopic (exact) mass is 285 g/mol. The molecule has 0 radical (unpaired) electrons. The number of nitrogens with one attached hydrogen (secondary N) is 1. The van der Waals surface area contributed by atoms with Gasteiger partial charge in [0.2, 0.25) is 0 Å². The second kappa shape index (κ2) is 7.58. The summed E-state index contributed by atoms with van der Waals surface area (Å²) in [5.74, 6) is 2.10. The van der Waals surface area contributed by atoms with Crippen LogP contribution < -0.4 is 14.8 Å². The van der Waals surface area contributed by atoms with Gasteiger partial charge >= 0.3 is 0 Å². The zero-order valence-electron chi connectivity index (χ0n) is 12.9. The van der Waals surface area contributed by atoms with Crippen molar-refractivity contribution in [3.8, 4) is 11.5 Å². The molecule has 21 heavy (non-hydrogen) atoms. The summed E-state index contributed by atoms with van der Waals surface area (Å²) in [6.45, 7) is 5.73. The van der Waals surface area contributed by atoms with Crippen LogP contribution in [0.2, 0.25) is 0 Å². The molecule has 0 unspecified atom stereocenters. The molecule has 0 aliphatic heterocycles. The molecule has 3 nitrogen and oxygen atoms in total. The van der Waals surface area contributed by atoms with E-state index in [1.165, 1.54) is 5.56 Å². The van der Waals surface area contributed by atoms with Gasteiger partial charge in [0.15, 0.2) is 11.5 Å². The molecule has 2 aromatic carbocycles. The van der Waals surface area contributed by atoms with E-state index < -0.39 is 0 Å². The van der Waals surface area contributed by atoms with Crippen LogP contribution >= 0.6 is 0 Å². The molecule has 0 saturated heterocycles. The lowest BCUT2D eigenvalue weighted by atomic mass is 10.0. The van der Waals surface area contributed by atoms with Crippen molar-refractivity contribution in [1.29, 1.82) is 0 Å². The highest BCUT2D eigenvalue weighted by atomic mass is 16.5. The highest BCUT2D eigenvalue weighted by Gasteiger charge is 2.02. The first-order chi connectivity index (χ1) is 10.2. The Labute approximate surface area is 126 Å². The maximum absolute atomic E-state index is 5.72. The van der Waals surface area contributed by atoms with Gasteiger partial charge in [-0.1, -0.05) is 38.1 Å². The van der Waals surface area contributed by atoms with Gasteiger partial charge in [0.05, 0.1) is 7.11 Å². The van der Waals surface area contributed by atoms with Gasteiger partial charge in [0.1, 0.15) is 6.61 Å². The molecule has 0 aliphatic rings. The molecule has 112 valence electrons. The minimum Gasteiger partial charge on any atom is -0.493 e. The fourth-order valence-corrected chi connectivity index (χ4v) is 2.08. The van der Waals surface area contributed by atoms with E-state index in [2.05, 4.69) is 43.4 Å². The van der Waals surface area contributed by atoms with Crippen LogP contribution in [0.15, 0.2) is 48.5 Å². The van der Waals surface area contributed by atoms with Gasteiger partial charge in [0.25, 0.3) is 0 Å². The van der Waals surface area contributed by atoms with Gasteiger partial charge in [-0.3, -0.25) is 0 Å². The molecule has 2 aromatic rings. The van der Waals surface area contributed by atoms with Crippen molar-refractivity contribution in [1.82, 2.24) is 0 Å². The lowest BCUT2D eigenvalue weighted by Gasteiger charge is -2.12. The van der Waals surface area contributed by atoms with Crippen LogP contribution in [-0.4, -0.2) is 20.3 Å². The second-order valence-corrected chi connectivity index (χ2v) is 5.20. The van der Waals surface area contributed by atoms with Gasteiger partial charge in [-0.15, -0.1) is 0 Å². The Hall–Kier alpha value is -2.16. The molecule has 2 rings (SSSR count). The highest BCUT2D eigenvalue weighted by molar-refractivity contribution is 5.45. The van der Waals surface area contributed by atoms with Crippen molar-refractivity contribution in [3.63, 3.8) is 0 Å². The summed E-state index contributed by atoms with van der Waals surface area (Å²) in [7, 11) is 1.65. The summed E-state index contributed by atoms with van der Waals surface area (Å²) in [5.41, 5.74) is 2.47. The molecule has 1 N–H and O–H groups in total. The van der Waals surface area contributed by atoms with Gasteiger partial charge < -0.3 is 14.8 Å². The van der Waals surface area contributed by atoms with Crippen LogP contribution in [0.5, 0.6) is 11.5 Å². The van der Waals surface area contributed by atoms with Crippen molar-refractivity contribution in [2.45, 2.75) is 19.8 Å². The lowest BCUT2D eigenvalue weighted by Crippen LogP contribution is -2.11. The molecule has 0 fully saturated rings. The molecular formula is C18H23NO2. The molecule has 0 saturated carbocycles. The van der Waals surface area contributed by atoms with Crippen molar-refractivity contribution in [2.24, 2.45) is 0 Å². The van der Waals surface area contributed by atoms with E-state index in [4.69, 9.17) is 9.47 Å². The first kappa shape index (κ1) is 15.2. The van der Waals surface area contributed by atoms with Crippen LogP contribution in [0.3, 0.4) is 0 Å². The Balaban J connectivity index is 1.79. The van der Waals surface area contributed by atoms with Crippen molar-refractivity contribution < 1.29 is 9.47 Å². The third-order valence-corrected chi connectivity index (χ3v) is 3.34. The van der Waals surface area contributed by atoms with Gasteiger partial charge in [0, 0.05) is 12.2 Å². The lowest BCUT2D eigenvalue weighted by molar-refractivity contribution is 0.306. The third kappa shape index (κ3) is 4.42. The molecule has 0 amide bonds. The van der Waals surface area contributed by atoms with Crippen molar-refractivity contribution in [3.05, 3.63) is 54.1 Å². The molecule has 0 aliphatic carbocycles. The van der Waals surface area contributed by atoms with Crippen LogP contribution in [-0.2, 0) is 0 Å². The number of rotatable bonds is 7. The Morgan fingerprint density at radius 1 is 0.952 bits per heavy atom. The first-order valence-corrected chi connectivity index (χ1v) is 7.30. The topological polar surface area (TPSA) is 30.5 Å². The van der Waals surface area contributed by atoms with Crippen molar-refractivity contribution in [2.75, 3.05) is 25.6 Å². The van der Waals surface area contributed by atoms with E-state index in [1.54, 1.807) is 7.11 Å². The van der Waals surface area contributed by atoms with E-state index in [0.717, 1.165) is 23.7 Å². The fraction of sp³-hybridized carbons (Fsp3) is 0.333. The Bertz CT molecular complexity index is 549. The number of hydrogen-bond acceptors (Lipinski definition) is 3. The smallest absolute Gasteiger partial charge is 0.161 e. The van der Waals surface area contributed by atoms with Crippen molar-refractivity contribution >= 4 is 5.69 Å². The average molecular weight is 285 g/mol. The highest BCUT2D eigenvalue weighted by Crippen LogP contribution is 2.25. The van der Waals surface area contributed by atoms with Gasteiger partial charge in [-0.2, -0.15) is 0 Å². The largest absolute Gasteiger partial charge is 0.493 e. The van der Waals surface area contributed by atoms with Crippen LogP contribution in [0.25, 0.3) is 0 Å². The molecule has 0 spiro atoms. The summed E-state index contributed by atoms with van der Waals surface area (Å²) >= 11 is 0. The number of para-hydroxylation sites is 2. The van der Waals surface area contributed by atoms with Crippen LogP contribution in [0, 0.1) is 0 Å². The predicted molar refractivity (Wildman–Crippen MR) is 87.5 cm³/mol. The van der Waals surface area contributed by atoms with Gasteiger partial charge in [-0.05, 0) is 35.7 Å². The maximum atomic E-state index is 5.72. The number of methoxy groups -OCH3 is 1.